The van der Waals surface area contributed by atoms with Gasteiger partial charge in [-0.1, -0.05) is 0 Å². The zero-order valence-electron chi connectivity index (χ0n) is 9.82. The van der Waals surface area contributed by atoms with Crippen LogP contribution in [0.2, 0.25) is 0 Å². The lowest BCUT2D eigenvalue weighted by atomic mass is 9.92. The van der Waals surface area contributed by atoms with E-state index >= 15 is 0 Å². The summed E-state index contributed by atoms with van der Waals surface area (Å²) in [5, 5.41) is 0. The van der Waals surface area contributed by atoms with E-state index in [1.807, 2.05) is 0 Å². The zero-order valence-corrected chi connectivity index (χ0v) is 9.82. The Labute approximate surface area is 93.0 Å². The van der Waals surface area contributed by atoms with E-state index < -0.39 is 0 Å². The van der Waals surface area contributed by atoms with E-state index in [1.165, 1.54) is 32.2 Å². The summed E-state index contributed by atoms with van der Waals surface area (Å²) in [6, 6.07) is 0.533. The van der Waals surface area contributed by atoms with Crippen molar-refractivity contribution in [3.8, 4) is 0 Å². The first-order valence-corrected chi connectivity index (χ1v) is 6.29. The van der Waals surface area contributed by atoms with Crippen molar-refractivity contribution in [3.05, 3.63) is 0 Å². The highest BCUT2D eigenvalue weighted by Crippen LogP contribution is 2.31. The molecule has 3 nitrogen and oxygen atoms in total. The first kappa shape index (κ1) is 11.4. The average Bonchev–Trinajstić information content (AvgIpc) is 3.04. The van der Waals surface area contributed by atoms with Crippen LogP contribution in [0.3, 0.4) is 0 Å². The summed E-state index contributed by atoms with van der Waals surface area (Å²) < 4.78 is 5.55. The smallest absolute Gasteiger partial charge is 0.0509 e. The van der Waals surface area contributed by atoms with Crippen LogP contribution in [0.1, 0.15) is 25.7 Å². The standard InChI is InChI=1S/C12H24N2O/c1-14(8-10-4-5-10)12(7-13)11-3-2-6-15-9-11/h10-12H,2-9,13H2,1H3. The third-order valence-electron chi connectivity index (χ3n) is 3.79. The highest BCUT2D eigenvalue weighted by atomic mass is 16.5. The van der Waals surface area contributed by atoms with Crippen molar-refractivity contribution in [2.75, 3.05) is 33.4 Å². The zero-order chi connectivity index (χ0) is 10.7. The lowest BCUT2D eigenvalue weighted by molar-refractivity contribution is 0.0164. The van der Waals surface area contributed by atoms with Crippen molar-refractivity contribution in [2.24, 2.45) is 17.6 Å². The topological polar surface area (TPSA) is 38.5 Å². The van der Waals surface area contributed by atoms with Gasteiger partial charge in [0.15, 0.2) is 0 Å². The summed E-state index contributed by atoms with van der Waals surface area (Å²) in [5.41, 5.74) is 5.90. The molecule has 0 amide bonds. The van der Waals surface area contributed by atoms with E-state index in [9.17, 15) is 0 Å². The molecule has 0 spiro atoms. The average molecular weight is 212 g/mol. The Kier molecular flexibility index (Phi) is 4.00. The van der Waals surface area contributed by atoms with Crippen LogP contribution in [0.25, 0.3) is 0 Å². The summed E-state index contributed by atoms with van der Waals surface area (Å²) in [6.07, 6.45) is 5.33. The number of nitrogens with zero attached hydrogens (tertiary/aromatic N) is 1. The van der Waals surface area contributed by atoms with E-state index in [0.29, 0.717) is 12.0 Å². The van der Waals surface area contributed by atoms with Gasteiger partial charge in [0.25, 0.3) is 0 Å². The number of rotatable bonds is 5. The molecular formula is C12H24N2O. The molecule has 1 saturated carbocycles. The van der Waals surface area contributed by atoms with Gasteiger partial charge in [0.1, 0.15) is 0 Å². The van der Waals surface area contributed by atoms with Crippen molar-refractivity contribution >= 4 is 0 Å². The van der Waals surface area contributed by atoms with Crippen molar-refractivity contribution in [1.29, 1.82) is 0 Å². The molecule has 2 unspecified atom stereocenters. The van der Waals surface area contributed by atoms with Gasteiger partial charge in [-0.15, -0.1) is 0 Å². The molecule has 2 rings (SSSR count). The van der Waals surface area contributed by atoms with Gasteiger partial charge < -0.3 is 15.4 Å². The Morgan fingerprint density at radius 1 is 1.40 bits per heavy atom. The maximum Gasteiger partial charge on any atom is 0.0509 e. The van der Waals surface area contributed by atoms with Crippen LogP contribution in [0.5, 0.6) is 0 Å². The van der Waals surface area contributed by atoms with Crippen LogP contribution >= 0.6 is 0 Å². The lowest BCUT2D eigenvalue weighted by Gasteiger charge is -2.35. The van der Waals surface area contributed by atoms with E-state index in [0.717, 1.165) is 25.7 Å². The van der Waals surface area contributed by atoms with Gasteiger partial charge in [0.05, 0.1) is 6.61 Å². The van der Waals surface area contributed by atoms with Crippen molar-refractivity contribution in [3.63, 3.8) is 0 Å². The molecule has 88 valence electrons. The molecule has 0 aromatic carbocycles. The highest BCUT2D eigenvalue weighted by molar-refractivity contribution is 4.84. The molecule has 0 radical (unpaired) electrons. The van der Waals surface area contributed by atoms with Gasteiger partial charge in [0.2, 0.25) is 0 Å². The molecule has 1 aliphatic carbocycles. The monoisotopic (exact) mass is 212 g/mol. The second kappa shape index (κ2) is 5.28. The van der Waals surface area contributed by atoms with Crippen molar-refractivity contribution < 1.29 is 4.74 Å². The van der Waals surface area contributed by atoms with Crippen LogP contribution in [0, 0.1) is 11.8 Å². The molecule has 0 aromatic heterocycles. The fourth-order valence-electron chi connectivity index (χ4n) is 2.64. The fraction of sp³-hybridized carbons (Fsp3) is 1.00. The summed E-state index contributed by atoms with van der Waals surface area (Å²) in [4.78, 5) is 2.47. The van der Waals surface area contributed by atoms with Crippen LogP contribution in [0.15, 0.2) is 0 Å². The second-order valence-electron chi connectivity index (χ2n) is 5.16. The van der Waals surface area contributed by atoms with Crippen LogP contribution in [-0.2, 0) is 4.74 Å². The minimum absolute atomic E-state index is 0.533. The summed E-state index contributed by atoms with van der Waals surface area (Å²) in [7, 11) is 2.23. The molecule has 15 heavy (non-hydrogen) atoms. The van der Waals surface area contributed by atoms with Gasteiger partial charge in [-0.05, 0) is 44.6 Å². The first-order valence-electron chi connectivity index (χ1n) is 6.29. The van der Waals surface area contributed by atoms with E-state index in [-0.39, 0.29) is 0 Å². The Bertz CT molecular complexity index is 188. The highest BCUT2D eigenvalue weighted by Gasteiger charge is 2.30. The van der Waals surface area contributed by atoms with Crippen LogP contribution < -0.4 is 5.73 Å². The van der Waals surface area contributed by atoms with Crippen molar-refractivity contribution in [1.82, 2.24) is 4.90 Å². The molecule has 3 heteroatoms. The Morgan fingerprint density at radius 2 is 2.20 bits per heavy atom. The minimum atomic E-state index is 0.533. The van der Waals surface area contributed by atoms with Gasteiger partial charge in [-0.25, -0.2) is 0 Å². The molecule has 1 heterocycles. The number of nitrogens with two attached hydrogens (primary N) is 1. The number of likely N-dealkylation sites (N-methyl/N-ethyl adjacent to an activating group) is 1. The molecule has 0 aromatic rings. The van der Waals surface area contributed by atoms with Crippen LogP contribution in [0.4, 0.5) is 0 Å². The van der Waals surface area contributed by atoms with Crippen LogP contribution in [-0.4, -0.2) is 44.3 Å². The largest absolute Gasteiger partial charge is 0.381 e. The number of ether oxygens (including phenoxy) is 1. The molecule has 0 bridgehead atoms. The fourth-order valence-corrected chi connectivity index (χ4v) is 2.64. The van der Waals surface area contributed by atoms with E-state index in [4.69, 9.17) is 10.5 Å². The number of hydrogen-bond donors (Lipinski definition) is 1. The quantitative estimate of drug-likeness (QED) is 0.741. The SMILES string of the molecule is CN(CC1CC1)C(CN)C1CCCOC1. The van der Waals surface area contributed by atoms with E-state index in [2.05, 4.69) is 11.9 Å². The third kappa shape index (κ3) is 3.16. The molecule has 2 aliphatic rings. The molecule has 1 saturated heterocycles. The second-order valence-corrected chi connectivity index (χ2v) is 5.16. The summed E-state index contributed by atoms with van der Waals surface area (Å²) in [5.74, 6) is 1.61. The van der Waals surface area contributed by atoms with Crippen molar-refractivity contribution in [2.45, 2.75) is 31.7 Å². The normalized spacial score (nSPS) is 29.4. The lowest BCUT2D eigenvalue weighted by Crippen LogP contribution is -2.46. The number of hydrogen-bond acceptors (Lipinski definition) is 3. The molecule has 1 aliphatic heterocycles. The summed E-state index contributed by atoms with van der Waals surface area (Å²) in [6.45, 7) is 3.87. The Hall–Kier alpha value is -0.120. The van der Waals surface area contributed by atoms with Gasteiger partial charge in [-0.3, -0.25) is 0 Å². The molecule has 2 atom stereocenters. The predicted octanol–water partition coefficient (Wildman–Crippen LogP) is 1.08. The molecular weight excluding hydrogens is 188 g/mol. The molecule has 2 N–H and O–H groups in total. The Morgan fingerprint density at radius 3 is 2.73 bits per heavy atom. The summed E-state index contributed by atoms with van der Waals surface area (Å²) >= 11 is 0. The first-order chi connectivity index (χ1) is 7.31. The third-order valence-corrected chi connectivity index (χ3v) is 3.79. The maximum absolute atomic E-state index is 5.90. The van der Waals surface area contributed by atoms with Gasteiger partial charge in [0, 0.05) is 25.7 Å². The van der Waals surface area contributed by atoms with E-state index in [1.54, 1.807) is 0 Å². The van der Waals surface area contributed by atoms with Gasteiger partial charge >= 0.3 is 0 Å². The predicted molar refractivity (Wildman–Crippen MR) is 61.7 cm³/mol. The minimum Gasteiger partial charge on any atom is -0.381 e. The Balaban J connectivity index is 1.82. The van der Waals surface area contributed by atoms with Gasteiger partial charge in [-0.2, -0.15) is 0 Å². The molecule has 2 fully saturated rings. The maximum atomic E-state index is 5.90.